The van der Waals surface area contributed by atoms with Gasteiger partial charge in [-0.05, 0) is 38.0 Å². The minimum Gasteiger partial charge on any atom is -0.311 e. The van der Waals surface area contributed by atoms with Crippen LogP contribution in [0.1, 0.15) is 45.6 Å². The maximum Gasteiger partial charge on any atom is 0.0534 e. The molecule has 4 heteroatoms. The number of hydrogen-bond acceptors (Lipinski definition) is 3. The number of rotatable bonds is 5. The third-order valence-electron chi connectivity index (χ3n) is 5.26. The number of nitrogens with zero attached hydrogens (tertiary/aromatic N) is 3. The Morgan fingerprint density at radius 1 is 1.43 bits per heavy atom. The number of aryl methyl sites for hydroxylation is 1. The molecule has 0 radical (unpaired) electrons. The molecular formula is C17H30N4. The molecule has 1 N–H and O–H groups in total. The second kappa shape index (κ2) is 5.73. The van der Waals surface area contributed by atoms with E-state index in [0.29, 0.717) is 11.6 Å². The Labute approximate surface area is 128 Å². The molecule has 0 bridgehead atoms. The quantitative estimate of drug-likeness (QED) is 0.904. The van der Waals surface area contributed by atoms with Crippen molar-refractivity contribution in [1.29, 1.82) is 0 Å². The van der Waals surface area contributed by atoms with Crippen molar-refractivity contribution in [3.63, 3.8) is 0 Å². The van der Waals surface area contributed by atoms with Gasteiger partial charge in [-0.2, -0.15) is 5.10 Å². The molecule has 2 fully saturated rings. The predicted molar refractivity (Wildman–Crippen MR) is 86.0 cm³/mol. The van der Waals surface area contributed by atoms with Gasteiger partial charge >= 0.3 is 0 Å². The summed E-state index contributed by atoms with van der Waals surface area (Å²) in [5, 5.41) is 8.15. The molecule has 2 atom stereocenters. The van der Waals surface area contributed by atoms with Gasteiger partial charge in [0, 0.05) is 50.0 Å². The van der Waals surface area contributed by atoms with Gasteiger partial charge < -0.3 is 5.32 Å². The monoisotopic (exact) mass is 290 g/mol. The maximum absolute atomic E-state index is 4.33. The van der Waals surface area contributed by atoms with Crippen LogP contribution in [0.15, 0.2) is 12.4 Å². The lowest BCUT2D eigenvalue weighted by molar-refractivity contribution is 0.0238. The molecule has 1 saturated carbocycles. The first kappa shape index (κ1) is 15.0. The summed E-state index contributed by atoms with van der Waals surface area (Å²) in [6, 6.07) is 0.633. The Morgan fingerprint density at radius 2 is 2.19 bits per heavy atom. The summed E-state index contributed by atoms with van der Waals surface area (Å²) in [5.74, 6) is 1.63. The fraction of sp³-hybridized carbons (Fsp3) is 0.824. The van der Waals surface area contributed by atoms with Gasteiger partial charge in [-0.3, -0.25) is 9.58 Å². The van der Waals surface area contributed by atoms with Gasteiger partial charge in [0.25, 0.3) is 0 Å². The van der Waals surface area contributed by atoms with Gasteiger partial charge in [-0.1, -0.05) is 13.8 Å². The van der Waals surface area contributed by atoms with Crippen molar-refractivity contribution in [2.75, 3.05) is 13.1 Å². The molecule has 2 unspecified atom stereocenters. The third-order valence-corrected chi connectivity index (χ3v) is 5.26. The SMILES string of the molecule is CC(C)CC1CN(Cc2cnn(C)c2)C(C)(C2CC2)CN1. The lowest BCUT2D eigenvalue weighted by Crippen LogP contribution is -2.64. The smallest absolute Gasteiger partial charge is 0.0534 e. The third kappa shape index (κ3) is 3.32. The fourth-order valence-electron chi connectivity index (χ4n) is 3.86. The van der Waals surface area contributed by atoms with Gasteiger partial charge in [0.2, 0.25) is 0 Å². The number of hydrogen-bond donors (Lipinski definition) is 1. The normalized spacial score (nSPS) is 31.0. The van der Waals surface area contributed by atoms with Crippen LogP contribution in [0.2, 0.25) is 0 Å². The van der Waals surface area contributed by atoms with Gasteiger partial charge in [-0.15, -0.1) is 0 Å². The molecule has 1 aromatic rings. The molecule has 118 valence electrons. The van der Waals surface area contributed by atoms with Crippen molar-refractivity contribution in [2.24, 2.45) is 18.9 Å². The van der Waals surface area contributed by atoms with E-state index in [1.54, 1.807) is 0 Å². The highest BCUT2D eigenvalue weighted by molar-refractivity contribution is 5.10. The highest BCUT2D eigenvalue weighted by Gasteiger charge is 2.48. The van der Waals surface area contributed by atoms with Crippen LogP contribution < -0.4 is 5.32 Å². The van der Waals surface area contributed by atoms with E-state index in [9.17, 15) is 0 Å². The van der Waals surface area contributed by atoms with E-state index in [-0.39, 0.29) is 0 Å². The Hall–Kier alpha value is -0.870. The Bertz CT molecular complexity index is 477. The summed E-state index contributed by atoms with van der Waals surface area (Å²) < 4.78 is 1.91. The summed E-state index contributed by atoms with van der Waals surface area (Å²) >= 11 is 0. The molecule has 0 amide bonds. The maximum atomic E-state index is 4.33. The second-order valence-corrected chi connectivity index (χ2v) is 7.74. The minimum absolute atomic E-state index is 0.323. The van der Waals surface area contributed by atoms with Crippen molar-refractivity contribution >= 4 is 0 Å². The van der Waals surface area contributed by atoms with Crippen molar-refractivity contribution in [2.45, 2.75) is 58.2 Å². The molecule has 2 heterocycles. The zero-order valence-corrected chi connectivity index (χ0v) is 14.0. The van der Waals surface area contributed by atoms with Crippen LogP contribution in [0.4, 0.5) is 0 Å². The van der Waals surface area contributed by atoms with Crippen molar-refractivity contribution < 1.29 is 0 Å². The van der Waals surface area contributed by atoms with Crippen LogP contribution in [0.25, 0.3) is 0 Å². The molecule has 4 nitrogen and oxygen atoms in total. The first-order valence-electron chi connectivity index (χ1n) is 8.43. The summed E-state index contributed by atoms with van der Waals surface area (Å²) in [6.07, 6.45) is 8.25. The van der Waals surface area contributed by atoms with Gasteiger partial charge in [0.05, 0.1) is 6.20 Å². The lowest BCUT2D eigenvalue weighted by Gasteiger charge is -2.49. The molecule has 0 aromatic carbocycles. The molecule has 1 aliphatic carbocycles. The van der Waals surface area contributed by atoms with Crippen molar-refractivity contribution in [3.05, 3.63) is 18.0 Å². The van der Waals surface area contributed by atoms with Crippen LogP contribution in [0.3, 0.4) is 0 Å². The van der Waals surface area contributed by atoms with Crippen molar-refractivity contribution in [3.8, 4) is 0 Å². The topological polar surface area (TPSA) is 33.1 Å². The zero-order chi connectivity index (χ0) is 15.0. The molecule has 1 aromatic heterocycles. The van der Waals surface area contributed by atoms with E-state index in [1.165, 1.54) is 31.4 Å². The fourth-order valence-corrected chi connectivity index (χ4v) is 3.86. The Kier molecular flexibility index (Phi) is 4.10. The van der Waals surface area contributed by atoms with Gasteiger partial charge in [0.1, 0.15) is 0 Å². The molecule has 21 heavy (non-hydrogen) atoms. The van der Waals surface area contributed by atoms with Crippen LogP contribution in [-0.2, 0) is 13.6 Å². The molecule has 1 aliphatic heterocycles. The standard InChI is InChI=1S/C17H30N4/c1-13(2)7-16-11-21(10-14-8-19-20(4)9-14)17(3,12-18-16)15-5-6-15/h8-9,13,15-16,18H,5-7,10-12H2,1-4H3. The molecule has 0 spiro atoms. The van der Waals surface area contributed by atoms with Crippen LogP contribution in [0.5, 0.6) is 0 Å². The number of piperazine rings is 1. The van der Waals surface area contributed by atoms with Gasteiger partial charge in [0.15, 0.2) is 0 Å². The van der Waals surface area contributed by atoms with E-state index >= 15 is 0 Å². The highest BCUT2D eigenvalue weighted by atomic mass is 15.3. The second-order valence-electron chi connectivity index (χ2n) is 7.74. The van der Waals surface area contributed by atoms with Crippen molar-refractivity contribution in [1.82, 2.24) is 20.0 Å². The predicted octanol–water partition coefficient (Wildman–Crippen LogP) is 2.41. The number of nitrogens with one attached hydrogen (secondary N) is 1. The average Bonchev–Trinajstić information content (AvgIpc) is 3.18. The largest absolute Gasteiger partial charge is 0.311 e. The summed E-state index contributed by atoms with van der Waals surface area (Å²) in [4.78, 5) is 2.73. The molecule has 2 aliphatic rings. The van der Waals surface area contributed by atoms with E-state index in [1.807, 2.05) is 17.9 Å². The Balaban J connectivity index is 1.73. The average molecular weight is 290 g/mol. The molecule has 1 saturated heterocycles. The van der Waals surface area contributed by atoms with E-state index in [4.69, 9.17) is 0 Å². The van der Waals surface area contributed by atoms with Crippen LogP contribution in [0, 0.1) is 11.8 Å². The summed E-state index contributed by atoms with van der Waals surface area (Å²) in [7, 11) is 2.00. The van der Waals surface area contributed by atoms with Crippen LogP contribution in [-0.4, -0.2) is 39.4 Å². The Morgan fingerprint density at radius 3 is 2.76 bits per heavy atom. The lowest BCUT2D eigenvalue weighted by atomic mass is 9.87. The molecule has 3 rings (SSSR count). The van der Waals surface area contributed by atoms with Gasteiger partial charge in [-0.25, -0.2) is 0 Å². The summed E-state index contributed by atoms with van der Waals surface area (Å²) in [6.45, 7) is 10.4. The van der Waals surface area contributed by atoms with Crippen LogP contribution >= 0.6 is 0 Å². The number of aromatic nitrogens is 2. The summed E-state index contributed by atoms with van der Waals surface area (Å²) in [5.41, 5.74) is 1.66. The zero-order valence-electron chi connectivity index (χ0n) is 14.0. The minimum atomic E-state index is 0.323. The first-order valence-corrected chi connectivity index (χ1v) is 8.43. The molecular weight excluding hydrogens is 260 g/mol. The van der Waals surface area contributed by atoms with E-state index in [2.05, 4.69) is 42.3 Å². The van der Waals surface area contributed by atoms with E-state index < -0.39 is 0 Å². The highest BCUT2D eigenvalue weighted by Crippen LogP contribution is 2.44. The first-order chi connectivity index (χ1) is 9.97. The van der Waals surface area contributed by atoms with E-state index in [0.717, 1.165) is 24.9 Å².